The van der Waals surface area contributed by atoms with E-state index in [-0.39, 0.29) is 16.7 Å². The van der Waals surface area contributed by atoms with Crippen LogP contribution in [0.25, 0.3) is 0 Å². The number of likely N-dealkylation sites (tertiary alicyclic amines) is 1. The van der Waals surface area contributed by atoms with Crippen molar-refractivity contribution in [3.8, 4) is 0 Å². The number of rotatable bonds is 5. The Morgan fingerprint density at radius 3 is 2.82 bits per heavy atom. The molecule has 1 saturated heterocycles. The first-order valence-corrected chi connectivity index (χ1v) is 7.20. The van der Waals surface area contributed by atoms with Crippen LogP contribution in [-0.2, 0) is 6.54 Å². The van der Waals surface area contributed by atoms with E-state index >= 15 is 0 Å². The molecular formula is C15H17N5O2. The number of anilines is 1. The maximum Gasteiger partial charge on any atom is 0.273 e. The van der Waals surface area contributed by atoms with Crippen molar-refractivity contribution in [2.45, 2.75) is 19.0 Å². The Bertz CT molecular complexity index is 649. The summed E-state index contributed by atoms with van der Waals surface area (Å²) >= 11 is 0. The smallest absolute Gasteiger partial charge is 0.273 e. The van der Waals surface area contributed by atoms with E-state index in [1.807, 2.05) is 12.1 Å². The van der Waals surface area contributed by atoms with Crippen LogP contribution in [0.15, 0.2) is 42.7 Å². The molecule has 0 spiro atoms. The van der Waals surface area contributed by atoms with Gasteiger partial charge in [-0.3, -0.25) is 15.0 Å². The molecule has 22 heavy (non-hydrogen) atoms. The molecule has 1 aromatic carbocycles. The lowest BCUT2D eigenvalue weighted by Crippen LogP contribution is -2.26. The number of nitrogens with one attached hydrogen (secondary N) is 1. The average Bonchev–Trinajstić information content (AvgIpc) is 2.96. The Morgan fingerprint density at radius 1 is 1.27 bits per heavy atom. The van der Waals surface area contributed by atoms with Crippen molar-refractivity contribution in [3.05, 3.63) is 58.4 Å². The van der Waals surface area contributed by atoms with E-state index in [1.54, 1.807) is 30.6 Å². The Balaban J connectivity index is 1.61. The zero-order valence-electron chi connectivity index (χ0n) is 12.1. The van der Waals surface area contributed by atoms with Crippen LogP contribution in [0.3, 0.4) is 0 Å². The second-order valence-electron chi connectivity index (χ2n) is 5.32. The van der Waals surface area contributed by atoms with Crippen LogP contribution < -0.4 is 5.32 Å². The average molecular weight is 299 g/mol. The summed E-state index contributed by atoms with van der Waals surface area (Å²) in [5, 5.41) is 14.4. The number of para-hydroxylation sites is 1. The van der Waals surface area contributed by atoms with Crippen LogP contribution in [0.1, 0.15) is 12.0 Å². The number of aromatic nitrogens is 2. The summed E-state index contributed by atoms with van der Waals surface area (Å²) in [5.74, 6) is 0.625. The topological polar surface area (TPSA) is 84.2 Å². The summed E-state index contributed by atoms with van der Waals surface area (Å²) in [6, 6.07) is 8.96. The van der Waals surface area contributed by atoms with Crippen molar-refractivity contribution in [2.75, 3.05) is 18.4 Å². The van der Waals surface area contributed by atoms with E-state index in [2.05, 4.69) is 20.2 Å². The third-order valence-corrected chi connectivity index (χ3v) is 3.75. The third-order valence-electron chi connectivity index (χ3n) is 3.75. The first-order valence-electron chi connectivity index (χ1n) is 7.20. The maximum atomic E-state index is 11.1. The zero-order chi connectivity index (χ0) is 15.4. The third kappa shape index (κ3) is 3.37. The van der Waals surface area contributed by atoms with Crippen molar-refractivity contribution in [2.24, 2.45) is 0 Å². The maximum absolute atomic E-state index is 11.1. The van der Waals surface area contributed by atoms with Crippen LogP contribution in [0.2, 0.25) is 0 Å². The first-order chi connectivity index (χ1) is 10.7. The minimum absolute atomic E-state index is 0.185. The van der Waals surface area contributed by atoms with Gasteiger partial charge in [0.1, 0.15) is 0 Å². The van der Waals surface area contributed by atoms with Gasteiger partial charge in [-0.2, -0.15) is 0 Å². The molecule has 0 radical (unpaired) electrons. The highest BCUT2D eigenvalue weighted by Gasteiger charge is 2.25. The van der Waals surface area contributed by atoms with E-state index in [0.717, 1.165) is 25.1 Å². The number of nitro groups is 1. The predicted octanol–water partition coefficient (Wildman–Crippen LogP) is 2.07. The van der Waals surface area contributed by atoms with Crippen LogP contribution in [0.5, 0.6) is 0 Å². The fourth-order valence-corrected chi connectivity index (χ4v) is 2.71. The van der Waals surface area contributed by atoms with E-state index in [0.29, 0.717) is 12.5 Å². The van der Waals surface area contributed by atoms with Crippen molar-refractivity contribution >= 4 is 11.6 Å². The summed E-state index contributed by atoms with van der Waals surface area (Å²) in [7, 11) is 0. The van der Waals surface area contributed by atoms with Crippen LogP contribution >= 0.6 is 0 Å². The molecule has 0 aliphatic carbocycles. The van der Waals surface area contributed by atoms with E-state index in [9.17, 15) is 10.1 Å². The normalized spacial score (nSPS) is 18.3. The van der Waals surface area contributed by atoms with Gasteiger partial charge in [0.25, 0.3) is 5.69 Å². The van der Waals surface area contributed by atoms with Gasteiger partial charge < -0.3 is 5.32 Å². The summed E-state index contributed by atoms with van der Waals surface area (Å²) < 4.78 is 0. The highest BCUT2D eigenvalue weighted by molar-refractivity contribution is 5.39. The molecule has 2 heterocycles. The number of nitrogens with zero attached hydrogens (tertiary/aromatic N) is 4. The molecule has 1 aliphatic heterocycles. The number of hydrogen-bond donors (Lipinski definition) is 1. The van der Waals surface area contributed by atoms with Gasteiger partial charge in [-0.05, 0) is 12.5 Å². The molecule has 1 atom stereocenters. The summed E-state index contributed by atoms with van der Waals surface area (Å²) in [6.07, 6.45) is 4.38. The van der Waals surface area contributed by atoms with Gasteiger partial charge in [-0.1, -0.05) is 18.2 Å². The SMILES string of the molecule is O=[N+]([O-])c1ccccc1CN1CCC(Nc2ncccn2)C1. The zero-order valence-corrected chi connectivity index (χ0v) is 12.1. The Morgan fingerprint density at radius 2 is 2.05 bits per heavy atom. The summed E-state index contributed by atoms with van der Waals surface area (Å²) in [5.41, 5.74) is 0.939. The molecule has 0 amide bonds. The monoisotopic (exact) mass is 299 g/mol. The first kappa shape index (κ1) is 14.4. The molecule has 0 bridgehead atoms. The molecule has 7 nitrogen and oxygen atoms in total. The lowest BCUT2D eigenvalue weighted by atomic mass is 10.1. The summed E-state index contributed by atoms with van der Waals surface area (Å²) in [6.45, 7) is 2.31. The molecular weight excluding hydrogens is 282 g/mol. The lowest BCUT2D eigenvalue weighted by molar-refractivity contribution is -0.385. The lowest BCUT2D eigenvalue weighted by Gasteiger charge is -2.16. The van der Waals surface area contributed by atoms with Gasteiger partial charge in [0.15, 0.2) is 0 Å². The van der Waals surface area contributed by atoms with Crippen molar-refractivity contribution in [1.82, 2.24) is 14.9 Å². The molecule has 1 fully saturated rings. The fraction of sp³-hybridized carbons (Fsp3) is 0.333. The van der Waals surface area contributed by atoms with Crippen molar-refractivity contribution in [3.63, 3.8) is 0 Å². The Kier molecular flexibility index (Phi) is 4.24. The standard InChI is InChI=1S/C15H17N5O2/c21-20(22)14-5-2-1-4-12(14)10-19-9-6-13(11-19)18-15-16-7-3-8-17-15/h1-5,7-8,13H,6,9-11H2,(H,16,17,18). The minimum Gasteiger partial charge on any atom is -0.350 e. The number of hydrogen-bond acceptors (Lipinski definition) is 6. The van der Waals surface area contributed by atoms with Gasteiger partial charge in [-0.25, -0.2) is 9.97 Å². The molecule has 0 saturated carbocycles. The Labute approximate surface area is 128 Å². The van der Waals surface area contributed by atoms with Crippen LogP contribution in [0, 0.1) is 10.1 Å². The molecule has 114 valence electrons. The summed E-state index contributed by atoms with van der Waals surface area (Å²) in [4.78, 5) is 21.3. The number of nitro benzene ring substituents is 1. The highest BCUT2D eigenvalue weighted by Crippen LogP contribution is 2.22. The van der Waals surface area contributed by atoms with Gasteiger partial charge in [0, 0.05) is 49.7 Å². The van der Waals surface area contributed by atoms with Gasteiger partial charge in [0.2, 0.25) is 5.95 Å². The second-order valence-corrected chi connectivity index (χ2v) is 5.32. The fourth-order valence-electron chi connectivity index (χ4n) is 2.71. The van der Waals surface area contributed by atoms with Crippen LogP contribution in [0.4, 0.5) is 11.6 Å². The van der Waals surface area contributed by atoms with Crippen LogP contribution in [-0.4, -0.2) is 38.9 Å². The molecule has 1 unspecified atom stereocenters. The number of benzene rings is 1. The van der Waals surface area contributed by atoms with E-state index in [4.69, 9.17) is 0 Å². The van der Waals surface area contributed by atoms with Gasteiger partial charge in [-0.15, -0.1) is 0 Å². The molecule has 1 N–H and O–H groups in total. The van der Waals surface area contributed by atoms with Gasteiger partial charge >= 0.3 is 0 Å². The predicted molar refractivity (Wildman–Crippen MR) is 82.4 cm³/mol. The molecule has 2 aromatic rings. The van der Waals surface area contributed by atoms with Crippen molar-refractivity contribution in [1.29, 1.82) is 0 Å². The highest BCUT2D eigenvalue weighted by atomic mass is 16.6. The van der Waals surface area contributed by atoms with Gasteiger partial charge in [0.05, 0.1) is 4.92 Å². The molecule has 3 rings (SSSR count). The molecule has 1 aliphatic rings. The quantitative estimate of drug-likeness (QED) is 0.672. The Hall–Kier alpha value is -2.54. The largest absolute Gasteiger partial charge is 0.350 e. The van der Waals surface area contributed by atoms with Crippen molar-refractivity contribution < 1.29 is 4.92 Å². The molecule has 1 aromatic heterocycles. The van der Waals surface area contributed by atoms with E-state index < -0.39 is 0 Å². The second kappa shape index (κ2) is 6.48. The van der Waals surface area contributed by atoms with E-state index in [1.165, 1.54) is 0 Å². The molecule has 7 heteroatoms. The minimum atomic E-state index is -0.320.